The van der Waals surface area contributed by atoms with Crippen molar-refractivity contribution in [2.24, 2.45) is 4.99 Å². The van der Waals surface area contributed by atoms with Gasteiger partial charge in [-0.25, -0.2) is 4.99 Å². The predicted octanol–water partition coefficient (Wildman–Crippen LogP) is 4.53. The SMILES string of the molecule is N#Cc1ccccc1N=C(c1ccccc1I)n1nnc2ccccc21. The molecule has 1 aromatic heterocycles. The van der Waals surface area contributed by atoms with Gasteiger partial charge in [-0.15, -0.1) is 5.10 Å². The van der Waals surface area contributed by atoms with Crippen molar-refractivity contribution in [3.63, 3.8) is 0 Å². The van der Waals surface area contributed by atoms with E-state index < -0.39 is 0 Å². The van der Waals surface area contributed by atoms with E-state index in [1.807, 2.05) is 66.7 Å². The summed E-state index contributed by atoms with van der Waals surface area (Å²) in [6.07, 6.45) is 0. The van der Waals surface area contributed by atoms with E-state index in [1.165, 1.54) is 0 Å². The second-order valence-electron chi connectivity index (χ2n) is 5.53. The first-order chi connectivity index (χ1) is 12.8. The molecule has 4 aromatic rings. The molecule has 6 heteroatoms. The van der Waals surface area contributed by atoms with Gasteiger partial charge >= 0.3 is 0 Å². The first-order valence-electron chi connectivity index (χ1n) is 7.91. The topological polar surface area (TPSA) is 66.9 Å². The third-order valence-electron chi connectivity index (χ3n) is 3.92. The minimum absolute atomic E-state index is 0.514. The molecule has 0 saturated heterocycles. The molecule has 1 heterocycles. The maximum Gasteiger partial charge on any atom is 0.164 e. The molecule has 5 nitrogen and oxygen atoms in total. The van der Waals surface area contributed by atoms with Gasteiger partial charge in [-0.2, -0.15) is 9.94 Å². The molecule has 4 rings (SSSR count). The first-order valence-corrected chi connectivity index (χ1v) is 8.99. The Hall–Kier alpha value is -3.05. The van der Waals surface area contributed by atoms with Gasteiger partial charge in [-0.1, -0.05) is 47.7 Å². The van der Waals surface area contributed by atoms with Crippen LogP contribution in [0.2, 0.25) is 0 Å². The number of benzene rings is 3. The number of hydrogen-bond acceptors (Lipinski definition) is 4. The molecule has 0 aliphatic rings. The van der Waals surface area contributed by atoms with Crippen LogP contribution in [-0.4, -0.2) is 20.8 Å². The van der Waals surface area contributed by atoms with E-state index in [9.17, 15) is 5.26 Å². The molecule has 124 valence electrons. The van der Waals surface area contributed by atoms with Crippen LogP contribution in [-0.2, 0) is 0 Å². The van der Waals surface area contributed by atoms with Crippen LogP contribution in [0, 0.1) is 14.9 Å². The molecule has 0 saturated carbocycles. The summed E-state index contributed by atoms with van der Waals surface area (Å²) in [5.74, 6) is 0.631. The van der Waals surface area contributed by atoms with Crippen LogP contribution in [0.4, 0.5) is 5.69 Å². The summed E-state index contributed by atoms with van der Waals surface area (Å²) in [7, 11) is 0. The van der Waals surface area contributed by atoms with Crippen LogP contribution in [0.15, 0.2) is 77.8 Å². The quantitative estimate of drug-likeness (QED) is 0.257. The van der Waals surface area contributed by atoms with Crippen LogP contribution in [0.25, 0.3) is 11.0 Å². The monoisotopic (exact) mass is 449 g/mol. The molecule has 26 heavy (non-hydrogen) atoms. The number of aromatic nitrogens is 3. The van der Waals surface area contributed by atoms with E-state index in [2.05, 4.69) is 39.0 Å². The number of hydrogen-bond donors (Lipinski definition) is 0. The van der Waals surface area contributed by atoms with Crippen LogP contribution in [0.3, 0.4) is 0 Å². The summed E-state index contributed by atoms with van der Waals surface area (Å²) in [5, 5.41) is 18.0. The highest BCUT2D eigenvalue weighted by Crippen LogP contribution is 2.23. The first kappa shape index (κ1) is 16.4. The standard InChI is InChI=1S/C20H12IN5/c21-16-9-3-2-8-15(16)20(23-17-10-4-1-7-14(17)13-22)26-19-12-6-5-11-18(19)24-25-26/h1-12H. The van der Waals surface area contributed by atoms with Gasteiger partial charge in [0.05, 0.1) is 16.8 Å². The molecule has 0 bridgehead atoms. The molecule has 0 aliphatic heterocycles. The molecule has 0 N–H and O–H groups in total. The molecule has 0 amide bonds. The number of nitrogens with zero attached hydrogens (tertiary/aromatic N) is 5. The summed E-state index contributed by atoms with van der Waals surface area (Å²) in [4.78, 5) is 4.80. The van der Waals surface area contributed by atoms with E-state index in [-0.39, 0.29) is 0 Å². The van der Waals surface area contributed by atoms with Crippen molar-refractivity contribution < 1.29 is 0 Å². The molecule has 0 fully saturated rings. The highest BCUT2D eigenvalue weighted by atomic mass is 127. The third kappa shape index (κ3) is 2.97. The fraction of sp³-hybridized carbons (Fsp3) is 0. The lowest BCUT2D eigenvalue weighted by Crippen LogP contribution is -2.16. The number of rotatable bonds is 2. The lowest BCUT2D eigenvalue weighted by Gasteiger charge is -2.10. The normalized spacial score (nSPS) is 11.5. The Bertz CT molecular complexity index is 1170. The van der Waals surface area contributed by atoms with Gasteiger partial charge in [0.2, 0.25) is 0 Å². The van der Waals surface area contributed by atoms with Crippen LogP contribution in [0.5, 0.6) is 0 Å². The van der Waals surface area contributed by atoms with E-state index in [0.717, 1.165) is 20.2 Å². The van der Waals surface area contributed by atoms with Crippen molar-refractivity contribution in [3.8, 4) is 6.07 Å². The smallest absolute Gasteiger partial charge is 0.164 e. The van der Waals surface area contributed by atoms with Gasteiger partial charge in [-0.3, -0.25) is 0 Å². The van der Waals surface area contributed by atoms with E-state index in [1.54, 1.807) is 10.7 Å². The minimum Gasteiger partial charge on any atom is -0.227 e. The Balaban J connectivity index is 2.01. The fourth-order valence-electron chi connectivity index (χ4n) is 2.67. The Labute approximate surface area is 163 Å². The van der Waals surface area contributed by atoms with Gasteiger partial charge in [-0.05, 0) is 52.9 Å². The minimum atomic E-state index is 0.514. The second-order valence-corrected chi connectivity index (χ2v) is 6.70. The van der Waals surface area contributed by atoms with E-state index >= 15 is 0 Å². The molecule has 0 unspecified atom stereocenters. The maximum atomic E-state index is 9.40. The van der Waals surface area contributed by atoms with Crippen molar-refractivity contribution in [2.45, 2.75) is 0 Å². The van der Waals surface area contributed by atoms with Crippen molar-refractivity contribution >= 4 is 45.1 Å². The van der Waals surface area contributed by atoms with Crippen LogP contribution >= 0.6 is 22.6 Å². The lowest BCUT2D eigenvalue weighted by molar-refractivity contribution is 0.861. The molecule has 0 radical (unpaired) electrons. The lowest BCUT2D eigenvalue weighted by atomic mass is 10.1. The molecular formula is C20H12IN5. The maximum absolute atomic E-state index is 9.40. The van der Waals surface area contributed by atoms with E-state index in [0.29, 0.717) is 17.1 Å². The third-order valence-corrected chi connectivity index (χ3v) is 4.86. The number of aliphatic imine (C=N–C) groups is 1. The Kier molecular flexibility index (Phi) is 4.46. The van der Waals surface area contributed by atoms with Crippen LogP contribution in [0.1, 0.15) is 11.1 Å². The van der Waals surface area contributed by atoms with E-state index in [4.69, 9.17) is 4.99 Å². The van der Waals surface area contributed by atoms with Gasteiger partial charge < -0.3 is 0 Å². The molecule has 0 spiro atoms. The Morgan fingerprint density at radius 1 is 0.962 bits per heavy atom. The van der Waals surface area contributed by atoms with Gasteiger partial charge in [0.15, 0.2) is 5.84 Å². The Morgan fingerprint density at radius 3 is 2.54 bits per heavy atom. The van der Waals surface area contributed by atoms with Gasteiger partial charge in [0, 0.05) is 9.13 Å². The average molecular weight is 449 g/mol. The largest absolute Gasteiger partial charge is 0.227 e. The van der Waals surface area contributed by atoms with Crippen molar-refractivity contribution in [3.05, 3.63) is 87.5 Å². The molecule has 3 aromatic carbocycles. The second kappa shape index (κ2) is 7.06. The predicted molar refractivity (Wildman–Crippen MR) is 109 cm³/mol. The van der Waals surface area contributed by atoms with Crippen molar-refractivity contribution in [1.29, 1.82) is 5.26 Å². The summed E-state index contributed by atoms with van der Waals surface area (Å²) >= 11 is 2.28. The number of halogens is 1. The zero-order valence-electron chi connectivity index (χ0n) is 13.5. The Morgan fingerprint density at radius 2 is 1.69 bits per heavy atom. The van der Waals surface area contributed by atoms with Gasteiger partial charge in [0.25, 0.3) is 0 Å². The number of nitriles is 1. The number of fused-ring (bicyclic) bond motifs is 1. The highest BCUT2D eigenvalue weighted by molar-refractivity contribution is 14.1. The number of para-hydroxylation sites is 2. The highest BCUT2D eigenvalue weighted by Gasteiger charge is 2.15. The van der Waals surface area contributed by atoms with Gasteiger partial charge in [0.1, 0.15) is 11.6 Å². The van der Waals surface area contributed by atoms with Crippen LogP contribution < -0.4 is 0 Å². The average Bonchev–Trinajstić information content (AvgIpc) is 3.11. The zero-order chi connectivity index (χ0) is 17.9. The molecule has 0 atom stereocenters. The summed E-state index contributed by atoms with van der Waals surface area (Å²) in [6.45, 7) is 0. The van der Waals surface area contributed by atoms with Crippen molar-refractivity contribution in [2.75, 3.05) is 0 Å². The molecule has 0 aliphatic carbocycles. The summed E-state index contributed by atoms with van der Waals surface area (Å²) in [5.41, 5.74) is 3.70. The van der Waals surface area contributed by atoms with Crippen molar-refractivity contribution in [1.82, 2.24) is 15.0 Å². The summed E-state index contributed by atoms with van der Waals surface area (Å²) in [6, 6.07) is 25.2. The summed E-state index contributed by atoms with van der Waals surface area (Å²) < 4.78 is 2.76. The molecular weight excluding hydrogens is 437 g/mol. The zero-order valence-corrected chi connectivity index (χ0v) is 15.7. The fourth-order valence-corrected chi connectivity index (χ4v) is 3.30.